The fourth-order valence-corrected chi connectivity index (χ4v) is 3.78. The van der Waals surface area contributed by atoms with E-state index >= 15 is 0 Å². The van der Waals surface area contributed by atoms with Crippen molar-refractivity contribution in [1.29, 1.82) is 0 Å². The van der Waals surface area contributed by atoms with Crippen LogP contribution in [-0.4, -0.2) is 0 Å². The highest BCUT2D eigenvalue weighted by atomic mass is 79.9. The quantitative estimate of drug-likeness (QED) is 0.228. The van der Waals surface area contributed by atoms with Gasteiger partial charge >= 0.3 is 0 Å². The minimum atomic E-state index is 0.956. The minimum absolute atomic E-state index is 0.956. The summed E-state index contributed by atoms with van der Waals surface area (Å²) in [6, 6.07) is 36.8. The Labute approximate surface area is 205 Å². The zero-order valence-electron chi connectivity index (χ0n) is 17.1. The molecule has 0 unspecified atom stereocenters. The lowest BCUT2D eigenvalue weighted by Gasteiger charge is -2.05. The zero-order valence-corrected chi connectivity index (χ0v) is 20.3. The van der Waals surface area contributed by atoms with Crippen molar-refractivity contribution in [2.24, 2.45) is 0 Å². The van der Waals surface area contributed by atoms with E-state index in [1.807, 2.05) is 60.7 Å². The summed E-state index contributed by atoms with van der Waals surface area (Å²) in [5, 5.41) is 0. The fourth-order valence-electron chi connectivity index (χ4n) is 3.25. The fraction of sp³-hybridized carbons (Fsp3) is 0. The van der Waals surface area contributed by atoms with Gasteiger partial charge in [0.25, 0.3) is 0 Å². The van der Waals surface area contributed by atoms with Gasteiger partial charge in [-0.1, -0.05) is 128 Å². The molecule has 2 heteroatoms. The van der Waals surface area contributed by atoms with Crippen molar-refractivity contribution in [3.8, 4) is 0 Å². The first-order valence-corrected chi connectivity index (χ1v) is 11.7. The number of hydrogen-bond acceptors (Lipinski definition) is 0. The highest BCUT2D eigenvalue weighted by molar-refractivity contribution is 9.10. The van der Waals surface area contributed by atoms with Crippen molar-refractivity contribution in [2.75, 3.05) is 0 Å². The first-order valence-electron chi connectivity index (χ1n) is 10.1. The predicted octanol–water partition coefficient (Wildman–Crippen LogP) is 8.84. The van der Waals surface area contributed by atoms with Crippen LogP contribution in [0.1, 0.15) is 22.3 Å². The molecule has 0 spiro atoms. The minimum Gasteiger partial charge on any atom is -0.0622 e. The SMILES string of the molecule is Brc1ccc(C(=C=C=C=C=C(c2ccccc2)c2ccc(Br)cc2)c2ccccc2)cc1. The van der Waals surface area contributed by atoms with Gasteiger partial charge < -0.3 is 0 Å². The molecule has 0 aliphatic heterocycles. The average Bonchev–Trinajstić information content (AvgIpc) is 2.84. The molecule has 0 saturated carbocycles. The molecule has 0 saturated heterocycles. The van der Waals surface area contributed by atoms with Gasteiger partial charge in [-0.25, -0.2) is 0 Å². The molecule has 4 aromatic carbocycles. The third-order valence-electron chi connectivity index (χ3n) is 4.83. The van der Waals surface area contributed by atoms with Crippen molar-refractivity contribution >= 4 is 43.0 Å². The molecule has 0 bridgehead atoms. The van der Waals surface area contributed by atoms with Crippen molar-refractivity contribution < 1.29 is 0 Å². The summed E-state index contributed by atoms with van der Waals surface area (Å²) in [5.74, 6) is 0. The zero-order chi connectivity index (χ0) is 22.2. The molecule has 4 rings (SSSR count). The topological polar surface area (TPSA) is 0 Å². The van der Waals surface area contributed by atoms with Crippen molar-refractivity contribution in [3.05, 3.63) is 163 Å². The Balaban J connectivity index is 1.93. The molecule has 0 atom stereocenters. The van der Waals surface area contributed by atoms with Crippen LogP contribution in [0.5, 0.6) is 0 Å². The molecule has 0 nitrogen and oxygen atoms in total. The molecular weight excluding hydrogens is 520 g/mol. The summed E-state index contributed by atoms with van der Waals surface area (Å²) in [6.07, 6.45) is 0. The maximum absolute atomic E-state index is 3.51. The van der Waals surface area contributed by atoms with E-state index in [0.29, 0.717) is 0 Å². The van der Waals surface area contributed by atoms with Crippen LogP contribution in [0.25, 0.3) is 11.1 Å². The molecule has 0 N–H and O–H groups in total. The highest BCUT2D eigenvalue weighted by Gasteiger charge is 2.05. The first kappa shape index (κ1) is 21.9. The van der Waals surface area contributed by atoms with Crippen LogP contribution in [-0.2, 0) is 0 Å². The van der Waals surface area contributed by atoms with Gasteiger partial charge in [-0.05, 0) is 58.0 Å². The summed E-state index contributed by atoms with van der Waals surface area (Å²) in [7, 11) is 0. The van der Waals surface area contributed by atoms with Gasteiger partial charge in [0.05, 0.1) is 0 Å². The monoisotopic (exact) mass is 536 g/mol. The lowest BCUT2D eigenvalue weighted by Crippen LogP contribution is -1.86. The van der Waals surface area contributed by atoms with Crippen LogP contribution in [0.3, 0.4) is 0 Å². The first-order chi connectivity index (χ1) is 15.7. The van der Waals surface area contributed by atoms with Gasteiger partial charge in [0.2, 0.25) is 0 Å². The Kier molecular flexibility index (Phi) is 7.42. The van der Waals surface area contributed by atoms with Crippen LogP contribution in [0.4, 0.5) is 0 Å². The Morgan fingerprint density at radius 3 is 1.06 bits per heavy atom. The second-order valence-corrected chi connectivity index (χ2v) is 8.83. The normalized spacial score (nSPS) is 9.69. The van der Waals surface area contributed by atoms with Crippen LogP contribution in [0.2, 0.25) is 0 Å². The maximum atomic E-state index is 3.51. The van der Waals surface area contributed by atoms with E-state index in [-0.39, 0.29) is 0 Å². The Bertz CT molecular complexity index is 1260. The molecule has 0 fully saturated rings. The second kappa shape index (κ2) is 10.8. The molecule has 4 aromatic rings. The maximum Gasteiger partial charge on any atom is 0.0400 e. The lowest BCUT2D eigenvalue weighted by atomic mass is 9.99. The summed E-state index contributed by atoms with van der Waals surface area (Å²) in [5.41, 5.74) is 19.0. The van der Waals surface area contributed by atoms with Crippen LogP contribution >= 0.6 is 31.9 Å². The Morgan fingerprint density at radius 2 is 0.719 bits per heavy atom. The van der Waals surface area contributed by atoms with E-state index in [9.17, 15) is 0 Å². The van der Waals surface area contributed by atoms with E-state index in [1.54, 1.807) is 0 Å². The standard InChI is InChI=1S/C30H18Br2/c31-27-19-15-25(16-20-27)29(23-9-3-1-4-10-23)13-7-8-14-30(24-11-5-2-6-12-24)26-17-21-28(32)22-18-26/h1-6,9-12,15-22H. The van der Waals surface area contributed by atoms with E-state index < -0.39 is 0 Å². The summed E-state index contributed by atoms with van der Waals surface area (Å²) < 4.78 is 2.08. The van der Waals surface area contributed by atoms with E-state index in [4.69, 9.17) is 0 Å². The molecule has 0 radical (unpaired) electrons. The molecule has 0 heterocycles. The van der Waals surface area contributed by atoms with Crippen molar-refractivity contribution in [3.63, 3.8) is 0 Å². The molecule has 0 aliphatic rings. The van der Waals surface area contributed by atoms with Gasteiger partial charge in [-0.15, -0.1) is 0 Å². The van der Waals surface area contributed by atoms with E-state index in [0.717, 1.165) is 42.3 Å². The third-order valence-corrected chi connectivity index (χ3v) is 5.89. The number of hydrogen-bond donors (Lipinski definition) is 0. The lowest BCUT2D eigenvalue weighted by molar-refractivity contribution is 1.53. The van der Waals surface area contributed by atoms with Crippen LogP contribution < -0.4 is 0 Å². The van der Waals surface area contributed by atoms with Crippen LogP contribution in [0.15, 0.2) is 141 Å². The molecule has 0 aromatic heterocycles. The summed E-state index contributed by atoms with van der Waals surface area (Å²) in [4.78, 5) is 0. The number of rotatable bonds is 4. The summed E-state index contributed by atoms with van der Waals surface area (Å²) >= 11 is 7.01. The third kappa shape index (κ3) is 5.68. The predicted molar refractivity (Wildman–Crippen MR) is 140 cm³/mol. The van der Waals surface area contributed by atoms with Crippen molar-refractivity contribution in [2.45, 2.75) is 0 Å². The molecule has 152 valence electrons. The van der Waals surface area contributed by atoms with Gasteiger partial charge in [-0.2, -0.15) is 0 Å². The smallest absolute Gasteiger partial charge is 0.0400 e. The van der Waals surface area contributed by atoms with Crippen LogP contribution in [0, 0.1) is 0 Å². The van der Waals surface area contributed by atoms with Gasteiger partial charge in [0, 0.05) is 20.1 Å². The molecule has 0 aliphatic carbocycles. The van der Waals surface area contributed by atoms with Crippen molar-refractivity contribution in [1.82, 2.24) is 0 Å². The largest absolute Gasteiger partial charge is 0.0622 e. The van der Waals surface area contributed by atoms with Gasteiger partial charge in [0.1, 0.15) is 0 Å². The molecule has 0 amide bonds. The summed E-state index contributed by atoms with van der Waals surface area (Å²) in [6.45, 7) is 0. The Hall–Kier alpha value is -3.30. The van der Waals surface area contributed by atoms with Gasteiger partial charge in [-0.3, -0.25) is 0 Å². The highest BCUT2D eigenvalue weighted by Crippen LogP contribution is 2.25. The number of benzene rings is 4. The average molecular weight is 538 g/mol. The van der Waals surface area contributed by atoms with Gasteiger partial charge in [0.15, 0.2) is 0 Å². The van der Waals surface area contributed by atoms with E-state index in [2.05, 4.69) is 103 Å². The second-order valence-electron chi connectivity index (χ2n) is 7.00. The molecule has 32 heavy (non-hydrogen) atoms. The molecular formula is C30H18Br2. The Morgan fingerprint density at radius 1 is 0.406 bits per heavy atom. The number of halogens is 2. The van der Waals surface area contributed by atoms with E-state index in [1.165, 1.54) is 0 Å².